The third-order valence-electron chi connectivity index (χ3n) is 4.27. The van der Waals surface area contributed by atoms with Crippen molar-refractivity contribution < 1.29 is 18.4 Å². The number of carbonyl (C=O) groups is 2. The van der Waals surface area contributed by atoms with Crippen molar-refractivity contribution in [2.24, 2.45) is 5.92 Å². The fourth-order valence-electron chi connectivity index (χ4n) is 2.84. The third-order valence-corrected chi connectivity index (χ3v) is 7.35. The summed E-state index contributed by atoms with van der Waals surface area (Å²) in [7, 11) is 0. The molecule has 1 aliphatic heterocycles. The van der Waals surface area contributed by atoms with Crippen molar-refractivity contribution in [2.75, 3.05) is 16.8 Å². The second-order valence-corrected chi connectivity index (χ2v) is 9.47. The van der Waals surface area contributed by atoms with Crippen molar-refractivity contribution >= 4 is 57.1 Å². The van der Waals surface area contributed by atoms with E-state index in [0.29, 0.717) is 5.13 Å². The normalized spacial score (nSPS) is 16.4. The predicted molar refractivity (Wildman–Crippen MR) is 109 cm³/mol. The highest BCUT2D eigenvalue weighted by molar-refractivity contribution is 8.00. The summed E-state index contributed by atoms with van der Waals surface area (Å²) in [5, 5.41) is 13.1. The van der Waals surface area contributed by atoms with Gasteiger partial charge in [-0.1, -0.05) is 29.2 Å². The molecule has 1 N–H and O–H groups in total. The topological polar surface area (TPSA) is 75.2 Å². The number of hydrogen-bond acceptors (Lipinski definition) is 7. The van der Waals surface area contributed by atoms with Crippen LogP contribution in [0.2, 0.25) is 0 Å². The molecule has 150 valence electrons. The Kier molecular flexibility index (Phi) is 5.88. The van der Waals surface area contributed by atoms with Gasteiger partial charge < -0.3 is 10.2 Å². The Morgan fingerprint density at radius 3 is 2.90 bits per heavy atom. The number of nitrogens with zero attached hydrogens (tertiary/aromatic N) is 3. The number of rotatable bonds is 6. The average molecular weight is 453 g/mol. The lowest BCUT2D eigenvalue weighted by Crippen LogP contribution is -2.28. The molecule has 2 amide bonds. The number of halogens is 2. The van der Waals surface area contributed by atoms with E-state index in [0.717, 1.165) is 22.2 Å². The fraction of sp³-hybridized carbons (Fsp3) is 0.222. The number of aromatic nitrogens is 2. The van der Waals surface area contributed by atoms with Crippen LogP contribution in [0.3, 0.4) is 0 Å². The fourth-order valence-corrected chi connectivity index (χ4v) is 5.37. The molecule has 2 aromatic heterocycles. The van der Waals surface area contributed by atoms with Crippen LogP contribution in [0.5, 0.6) is 0 Å². The number of nitrogens with one attached hydrogen (secondary N) is 1. The quantitative estimate of drug-likeness (QED) is 0.449. The summed E-state index contributed by atoms with van der Waals surface area (Å²) in [6.07, 6.45) is -0.0103. The van der Waals surface area contributed by atoms with Gasteiger partial charge in [0.05, 0.1) is 5.92 Å². The van der Waals surface area contributed by atoms with Gasteiger partial charge in [0.25, 0.3) is 0 Å². The Hall–Kier alpha value is -2.37. The van der Waals surface area contributed by atoms with E-state index >= 15 is 0 Å². The number of hydrogen-bond donors (Lipinski definition) is 1. The summed E-state index contributed by atoms with van der Waals surface area (Å²) in [5.41, 5.74) is 0.229. The maximum atomic E-state index is 13.5. The molecular weight excluding hydrogens is 438 g/mol. The Bertz CT molecular complexity index is 1040. The van der Waals surface area contributed by atoms with E-state index < -0.39 is 17.6 Å². The van der Waals surface area contributed by atoms with Gasteiger partial charge in [-0.15, -0.1) is 21.5 Å². The van der Waals surface area contributed by atoms with Gasteiger partial charge in [0.2, 0.25) is 16.9 Å². The highest BCUT2D eigenvalue weighted by Crippen LogP contribution is 2.31. The summed E-state index contributed by atoms with van der Waals surface area (Å²) >= 11 is 4.46. The largest absolute Gasteiger partial charge is 0.311 e. The van der Waals surface area contributed by atoms with E-state index in [9.17, 15) is 18.4 Å². The van der Waals surface area contributed by atoms with Crippen LogP contribution in [0, 0.1) is 17.6 Å². The maximum Gasteiger partial charge on any atom is 0.231 e. The van der Waals surface area contributed by atoms with Crippen molar-refractivity contribution in [2.45, 2.75) is 16.5 Å². The first-order chi connectivity index (χ1) is 14.0. The van der Waals surface area contributed by atoms with Gasteiger partial charge in [0, 0.05) is 35.3 Å². The molecule has 1 aliphatic rings. The van der Waals surface area contributed by atoms with Crippen LogP contribution in [0.4, 0.5) is 19.6 Å². The molecule has 6 nitrogen and oxygen atoms in total. The van der Waals surface area contributed by atoms with Crippen molar-refractivity contribution in [1.29, 1.82) is 0 Å². The smallest absolute Gasteiger partial charge is 0.231 e. The molecule has 0 bridgehead atoms. The molecule has 0 aliphatic carbocycles. The molecule has 1 saturated heterocycles. The van der Waals surface area contributed by atoms with E-state index in [4.69, 9.17) is 0 Å². The number of amides is 2. The summed E-state index contributed by atoms with van der Waals surface area (Å²) < 4.78 is 27.3. The second kappa shape index (κ2) is 8.56. The van der Waals surface area contributed by atoms with Crippen LogP contribution < -0.4 is 10.2 Å². The number of anilines is 2. The number of thioether (sulfide) groups is 1. The molecule has 0 radical (unpaired) electrons. The molecular formula is C18H14F2N4O2S3. The molecule has 11 heteroatoms. The lowest BCUT2D eigenvalue weighted by atomic mass is 10.1. The van der Waals surface area contributed by atoms with Crippen LogP contribution >= 0.6 is 34.4 Å². The molecule has 29 heavy (non-hydrogen) atoms. The summed E-state index contributed by atoms with van der Waals surface area (Å²) in [4.78, 5) is 27.3. The first-order valence-corrected chi connectivity index (χ1v) is 11.2. The first kappa shape index (κ1) is 19.9. The van der Waals surface area contributed by atoms with Gasteiger partial charge in [-0.05, 0) is 23.6 Å². The van der Waals surface area contributed by atoms with Crippen molar-refractivity contribution in [3.8, 4) is 0 Å². The average Bonchev–Trinajstić information content (AvgIpc) is 3.43. The Labute approximate surface area is 177 Å². The van der Waals surface area contributed by atoms with E-state index in [1.165, 1.54) is 38.9 Å². The minimum Gasteiger partial charge on any atom is -0.311 e. The Morgan fingerprint density at radius 1 is 1.28 bits per heavy atom. The Morgan fingerprint density at radius 2 is 2.14 bits per heavy atom. The lowest BCUT2D eigenvalue weighted by Gasteiger charge is -2.16. The maximum absolute atomic E-state index is 13.5. The monoisotopic (exact) mass is 452 g/mol. The van der Waals surface area contributed by atoms with Crippen molar-refractivity contribution in [1.82, 2.24) is 10.2 Å². The lowest BCUT2D eigenvalue weighted by molar-refractivity contribution is -0.122. The number of thiophene rings is 1. The highest BCUT2D eigenvalue weighted by Gasteiger charge is 2.35. The minimum atomic E-state index is -1.04. The zero-order chi connectivity index (χ0) is 20.4. The molecule has 1 atom stereocenters. The molecule has 1 unspecified atom stereocenters. The van der Waals surface area contributed by atoms with Crippen molar-refractivity contribution in [3.63, 3.8) is 0 Å². The van der Waals surface area contributed by atoms with Crippen LogP contribution in [0.25, 0.3) is 0 Å². The number of carbonyl (C=O) groups excluding carboxylic acids is 2. The highest BCUT2D eigenvalue weighted by atomic mass is 32.2. The molecule has 3 aromatic rings. The SMILES string of the molecule is O=C(Nc1nnc(SCc2cccs2)s1)C1CC(=O)N(c2ccc(F)c(F)c2)C1. The number of benzene rings is 1. The molecule has 0 spiro atoms. The predicted octanol–water partition coefficient (Wildman–Crippen LogP) is 4.16. The standard InChI is InChI=1S/C18H14F2N4O2S3/c19-13-4-3-11(7-14(13)20)24-8-10(6-15(24)25)16(26)21-17-22-23-18(29-17)28-9-12-2-1-5-27-12/h1-5,7,10H,6,8-9H2,(H,21,22,26). The van der Waals surface area contributed by atoms with Gasteiger partial charge in [-0.25, -0.2) is 8.78 Å². The first-order valence-electron chi connectivity index (χ1n) is 8.54. The van der Waals surface area contributed by atoms with Gasteiger partial charge in [0.1, 0.15) is 0 Å². The zero-order valence-corrected chi connectivity index (χ0v) is 17.3. The molecule has 4 rings (SSSR count). The molecule has 0 saturated carbocycles. The zero-order valence-electron chi connectivity index (χ0n) is 14.8. The van der Waals surface area contributed by atoms with Gasteiger partial charge in [-0.3, -0.25) is 9.59 Å². The van der Waals surface area contributed by atoms with Gasteiger partial charge >= 0.3 is 0 Å². The van der Waals surface area contributed by atoms with Crippen LogP contribution in [0.15, 0.2) is 40.1 Å². The van der Waals surface area contributed by atoms with E-state index in [2.05, 4.69) is 15.5 Å². The third kappa shape index (κ3) is 4.62. The summed E-state index contributed by atoms with van der Waals surface area (Å²) in [5.74, 6) is -2.53. The van der Waals surface area contributed by atoms with Crippen LogP contribution in [-0.4, -0.2) is 28.6 Å². The van der Waals surface area contributed by atoms with Gasteiger partial charge in [0.15, 0.2) is 16.0 Å². The molecule has 3 heterocycles. The molecule has 1 fully saturated rings. The molecule has 1 aromatic carbocycles. The summed E-state index contributed by atoms with van der Waals surface area (Å²) in [6.45, 7) is 0.0918. The Balaban J connectivity index is 1.35. The van der Waals surface area contributed by atoms with Crippen molar-refractivity contribution in [3.05, 3.63) is 52.2 Å². The van der Waals surface area contributed by atoms with E-state index in [1.54, 1.807) is 11.3 Å². The van der Waals surface area contributed by atoms with E-state index in [-0.39, 0.29) is 30.5 Å². The van der Waals surface area contributed by atoms with E-state index in [1.807, 2.05) is 17.5 Å². The van der Waals surface area contributed by atoms with Crippen LogP contribution in [-0.2, 0) is 15.3 Å². The summed E-state index contributed by atoms with van der Waals surface area (Å²) in [6, 6.07) is 7.26. The minimum absolute atomic E-state index is 0.0103. The second-order valence-electron chi connectivity index (χ2n) is 6.23. The van der Waals surface area contributed by atoms with Gasteiger partial charge in [-0.2, -0.15) is 0 Å². The van der Waals surface area contributed by atoms with Crippen LogP contribution in [0.1, 0.15) is 11.3 Å².